The standard InChI is InChI=1S/C6H13NO4S/c8-6(9)3-4-7-12(10,11)5-1-2-5/h5-9H,1-4H2. The second kappa shape index (κ2) is 3.69. The fourth-order valence-corrected chi connectivity index (χ4v) is 2.22. The van der Waals surface area contributed by atoms with Gasteiger partial charge in [-0.25, -0.2) is 13.1 Å². The maximum atomic E-state index is 11.1. The van der Waals surface area contributed by atoms with Crippen LogP contribution in [0, 0.1) is 0 Å². The lowest BCUT2D eigenvalue weighted by Gasteiger charge is -2.05. The molecule has 1 fully saturated rings. The molecule has 0 heterocycles. The van der Waals surface area contributed by atoms with Crippen LogP contribution in [-0.2, 0) is 10.0 Å². The Balaban J connectivity index is 2.21. The summed E-state index contributed by atoms with van der Waals surface area (Å²) in [6.45, 7) is 0.0938. The van der Waals surface area contributed by atoms with Crippen molar-refractivity contribution in [2.75, 3.05) is 6.54 Å². The summed E-state index contributed by atoms with van der Waals surface area (Å²) in [6, 6.07) is 0. The fraction of sp³-hybridized carbons (Fsp3) is 1.00. The van der Waals surface area contributed by atoms with Crippen molar-refractivity contribution in [1.82, 2.24) is 4.72 Å². The molecule has 1 rings (SSSR count). The molecule has 0 amide bonds. The van der Waals surface area contributed by atoms with E-state index < -0.39 is 16.3 Å². The van der Waals surface area contributed by atoms with Crippen LogP contribution in [0.4, 0.5) is 0 Å². The van der Waals surface area contributed by atoms with Crippen LogP contribution in [0.5, 0.6) is 0 Å². The highest BCUT2D eigenvalue weighted by atomic mass is 32.2. The van der Waals surface area contributed by atoms with Gasteiger partial charge < -0.3 is 10.2 Å². The smallest absolute Gasteiger partial charge is 0.214 e. The zero-order chi connectivity index (χ0) is 9.19. The predicted molar refractivity (Wildman–Crippen MR) is 42.8 cm³/mol. The molecule has 0 aromatic heterocycles. The number of rotatable bonds is 5. The second-order valence-electron chi connectivity index (χ2n) is 2.91. The van der Waals surface area contributed by atoms with E-state index in [4.69, 9.17) is 10.2 Å². The maximum absolute atomic E-state index is 11.1. The highest BCUT2D eigenvalue weighted by Gasteiger charge is 2.35. The lowest BCUT2D eigenvalue weighted by Crippen LogP contribution is -2.30. The van der Waals surface area contributed by atoms with E-state index in [1.165, 1.54) is 0 Å². The van der Waals surface area contributed by atoms with Gasteiger partial charge in [0.05, 0.1) is 5.25 Å². The molecule has 6 heteroatoms. The van der Waals surface area contributed by atoms with Gasteiger partial charge in [0.25, 0.3) is 0 Å². The molecule has 1 aliphatic rings. The lowest BCUT2D eigenvalue weighted by molar-refractivity contribution is -0.0435. The lowest BCUT2D eigenvalue weighted by atomic mass is 10.4. The molecule has 0 saturated heterocycles. The third-order valence-corrected chi connectivity index (χ3v) is 3.62. The monoisotopic (exact) mass is 195 g/mol. The molecule has 1 saturated carbocycles. The van der Waals surface area contributed by atoms with Gasteiger partial charge in [0.15, 0.2) is 6.29 Å². The molecular weight excluding hydrogens is 182 g/mol. The minimum Gasteiger partial charge on any atom is -0.368 e. The van der Waals surface area contributed by atoms with Gasteiger partial charge in [-0.15, -0.1) is 0 Å². The van der Waals surface area contributed by atoms with Gasteiger partial charge >= 0.3 is 0 Å². The Morgan fingerprint density at radius 2 is 2.00 bits per heavy atom. The summed E-state index contributed by atoms with van der Waals surface area (Å²) in [5, 5.41) is 16.6. The number of hydrogen-bond acceptors (Lipinski definition) is 4. The Hall–Kier alpha value is -0.170. The van der Waals surface area contributed by atoms with Crippen LogP contribution in [0.25, 0.3) is 0 Å². The first kappa shape index (κ1) is 9.91. The van der Waals surface area contributed by atoms with E-state index in [9.17, 15) is 8.42 Å². The van der Waals surface area contributed by atoms with E-state index in [1.54, 1.807) is 0 Å². The molecule has 0 aromatic carbocycles. The largest absolute Gasteiger partial charge is 0.368 e. The van der Waals surface area contributed by atoms with Gasteiger partial charge in [-0.3, -0.25) is 0 Å². The molecule has 0 atom stereocenters. The molecular formula is C6H13NO4S. The number of sulfonamides is 1. The summed E-state index contributed by atoms with van der Waals surface area (Å²) in [7, 11) is -3.15. The molecule has 3 N–H and O–H groups in total. The summed E-state index contributed by atoms with van der Waals surface area (Å²) in [5.41, 5.74) is 0. The molecule has 0 spiro atoms. The molecule has 0 bridgehead atoms. The van der Waals surface area contributed by atoms with Crippen molar-refractivity contribution in [2.45, 2.75) is 30.8 Å². The van der Waals surface area contributed by atoms with E-state index >= 15 is 0 Å². The fourth-order valence-electron chi connectivity index (χ4n) is 0.826. The normalized spacial score (nSPS) is 18.6. The number of nitrogens with one attached hydrogen (secondary N) is 1. The summed E-state index contributed by atoms with van der Waals surface area (Å²) in [6.07, 6.45) is 0.0341. The maximum Gasteiger partial charge on any atom is 0.214 e. The zero-order valence-electron chi connectivity index (χ0n) is 6.60. The summed E-state index contributed by atoms with van der Waals surface area (Å²) >= 11 is 0. The van der Waals surface area contributed by atoms with Crippen molar-refractivity contribution < 1.29 is 18.6 Å². The minimum absolute atomic E-state index is 0.0337. The van der Waals surface area contributed by atoms with Crippen molar-refractivity contribution in [1.29, 1.82) is 0 Å². The van der Waals surface area contributed by atoms with Gasteiger partial charge in [0.1, 0.15) is 0 Å². The molecule has 5 nitrogen and oxygen atoms in total. The third kappa shape index (κ3) is 3.06. The third-order valence-electron chi connectivity index (χ3n) is 1.67. The van der Waals surface area contributed by atoms with Crippen molar-refractivity contribution in [3.05, 3.63) is 0 Å². The zero-order valence-corrected chi connectivity index (χ0v) is 7.42. The Labute approximate surface area is 71.5 Å². The van der Waals surface area contributed by atoms with Crippen LogP contribution in [-0.4, -0.2) is 36.7 Å². The Bertz CT molecular complexity index is 232. The van der Waals surface area contributed by atoms with Crippen molar-refractivity contribution in [3.8, 4) is 0 Å². The Kier molecular flexibility index (Phi) is 3.05. The average molecular weight is 195 g/mol. The quantitative estimate of drug-likeness (QED) is 0.479. The van der Waals surface area contributed by atoms with Gasteiger partial charge in [-0.2, -0.15) is 0 Å². The van der Waals surface area contributed by atoms with Crippen LogP contribution in [0.1, 0.15) is 19.3 Å². The summed E-state index contributed by atoms with van der Waals surface area (Å²) in [5.74, 6) is 0. The average Bonchev–Trinajstić information content (AvgIpc) is 2.65. The summed E-state index contributed by atoms with van der Waals surface area (Å²) < 4.78 is 24.5. The minimum atomic E-state index is -3.15. The highest BCUT2D eigenvalue weighted by molar-refractivity contribution is 7.90. The second-order valence-corrected chi connectivity index (χ2v) is 4.95. The number of aliphatic hydroxyl groups excluding tert-OH is 1. The van der Waals surface area contributed by atoms with E-state index in [1.807, 2.05) is 0 Å². The Morgan fingerprint density at radius 3 is 2.42 bits per heavy atom. The Morgan fingerprint density at radius 1 is 1.42 bits per heavy atom. The first-order valence-electron chi connectivity index (χ1n) is 3.87. The van der Waals surface area contributed by atoms with E-state index in [-0.39, 0.29) is 18.2 Å². The molecule has 12 heavy (non-hydrogen) atoms. The highest BCUT2D eigenvalue weighted by Crippen LogP contribution is 2.27. The SMILES string of the molecule is O=S(=O)(NCCC(O)O)C1CC1. The van der Waals surface area contributed by atoms with E-state index in [2.05, 4.69) is 4.72 Å². The van der Waals surface area contributed by atoms with Gasteiger partial charge in [-0.05, 0) is 12.8 Å². The first-order valence-corrected chi connectivity index (χ1v) is 5.41. The molecule has 0 radical (unpaired) electrons. The van der Waals surface area contributed by atoms with Crippen molar-refractivity contribution in [3.63, 3.8) is 0 Å². The topological polar surface area (TPSA) is 86.6 Å². The molecule has 0 aromatic rings. The van der Waals surface area contributed by atoms with Gasteiger partial charge in [-0.1, -0.05) is 0 Å². The number of aliphatic hydroxyl groups is 2. The van der Waals surface area contributed by atoms with Crippen LogP contribution in [0.15, 0.2) is 0 Å². The van der Waals surface area contributed by atoms with Gasteiger partial charge in [0, 0.05) is 13.0 Å². The molecule has 1 aliphatic carbocycles. The van der Waals surface area contributed by atoms with Gasteiger partial charge in [0.2, 0.25) is 10.0 Å². The van der Waals surface area contributed by atoms with E-state index in [0.29, 0.717) is 0 Å². The summed E-state index contributed by atoms with van der Waals surface area (Å²) in [4.78, 5) is 0. The molecule has 72 valence electrons. The van der Waals surface area contributed by atoms with E-state index in [0.717, 1.165) is 12.8 Å². The van der Waals surface area contributed by atoms with Crippen LogP contribution < -0.4 is 4.72 Å². The molecule has 0 aliphatic heterocycles. The first-order chi connectivity index (χ1) is 5.52. The van der Waals surface area contributed by atoms with Crippen LogP contribution in [0.2, 0.25) is 0 Å². The van der Waals surface area contributed by atoms with Crippen molar-refractivity contribution >= 4 is 10.0 Å². The predicted octanol–water partition coefficient (Wildman–Crippen LogP) is -1.23. The van der Waals surface area contributed by atoms with Crippen molar-refractivity contribution in [2.24, 2.45) is 0 Å². The van der Waals surface area contributed by atoms with Crippen LogP contribution >= 0.6 is 0 Å². The number of hydrogen-bond donors (Lipinski definition) is 3. The molecule has 0 unspecified atom stereocenters. The van der Waals surface area contributed by atoms with Crippen LogP contribution in [0.3, 0.4) is 0 Å².